The quantitative estimate of drug-likeness (QED) is 0.440. The number of carbonyl (C=O) groups is 3. The molecular weight excluding hydrogens is 492 g/mol. The van der Waals surface area contributed by atoms with Crippen LogP contribution in [-0.4, -0.2) is 58.8 Å². The van der Waals surface area contributed by atoms with Gasteiger partial charge in [-0.3, -0.25) is 9.59 Å². The smallest absolute Gasteiger partial charge is 0.332 e. The van der Waals surface area contributed by atoms with Crippen LogP contribution < -0.4 is 15.5 Å². The molecule has 9 nitrogen and oxygen atoms in total. The summed E-state index contributed by atoms with van der Waals surface area (Å²) in [6, 6.07) is 16.3. The number of aromatic nitrogens is 1. The highest BCUT2D eigenvalue weighted by atomic mass is 16.2. The fourth-order valence-corrected chi connectivity index (χ4v) is 5.11. The molecular formula is C30H34N6O3. The predicted octanol–water partition coefficient (Wildman–Crippen LogP) is 4.98. The van der Waals surface area contributed by atoms with Crippen LogP contribution in [0.15, 0.2) is 60.8 Å². The molecule has 1 aromatic heterocycles. The molecule has 1 fully saturated rings. The van der Waals surface area contributed by atoms with Crippen LogP contribution in [0.2, 0.25) is 0 Å². The van der Waals surface area contributed by atoms with Crippen molar-refractivity contribution < 1.29 is 14.4 Å². The molecule has 0 spiro atoms. The number of hydrogen-bond acceptors (Lipinski definition) is 6. The van der Waals surface area contributed by atoms with Gasteiger partial charge in [-0.25, -0.2) is 14.7 Å². The van der Waals surface area contributed by atoms with Gasteiger partial charge in [0.2, 0.25) is 0 Å². The van der Waals surface area contributed by atoms with Gasteiger partial charge in [0.15, 0.2) is 0 Å². The summed E-state index contributed by atoms with van der Waals surface area (Å²) >= 11 is 0. The van der Waals surface area contributed by atoms with Crippen molar-refractivity contribution in [2.75, 3.05) is 36.2 Å². The van der Waals surface area contributed by atoms with Gasteiger partial charge in [-0.15, -0.1) is 0 Å². The molecule has 9 heteroatoms. The molecule has 4 amide bonds. The summed E-state index contributed by atoms with van der Waals surface area (Å²) < 4.78 is 0. The van der Waals surface area contributed by atoms with E-state index in [4.69, 9.17) is 0 Å². The molecule has 3 aromatic rings. The summed E-state index contributed by atoms with van der Waals surface area (Å²) in [6.07, 6.45) is 1.66. The van der Waals surface area contributed by atoms with Crippen molar-refractivity contribution in [1.29, 1.82) is 0 Å². The Morgan fingerprint density at radius 1 is 1.05 bits per heavy atom. The molecule has 0 saturated carbocycles. The number of nitrogens with one attached hydrogen (secondary N) is 2. The summed E-state index contributed by atoms with van der Waals surface area (Å²) in [5.41, 5.74) is 3.77. The minimum atomic E-state index is -1.03. The molecule has 2 N–H and O–H groups in total. The van der Waals surface area contributed by atoms with Crippen molar-refractivity contribution in [2.45, 2.75) is 45.2 Å². The van der Waals surface area contributed by atoms with Gasteiger partial charge < -0.3 is 20.4 Å². The van der Waals surface area contributed by atoms with Crippen LogP contribution in [0.25, 0.3) is 0 Å². The first kappa shape index (κ1) is 26.2. The van der Waals surface area contributed by atoms with E-state index in [0.717, 1.165) is 23.5 Å². The van der Waals surface area contributed by atoms with Crippen LogP contribution in [0.1, 0.15) is 49.2 Å². The van der Waals surface area contributed by atoms with Crippen molar-refractivity contribution in [3.63, 3.8) is 0 Å². The Labute approximate surface area is 228 Å². The molecule has 2 aliphatic rings. The molecule has 0 unspecified atom stereocenters. The van der Waals surface area contributed by atoms with E-state index in [2.05, 4.69) is 29.5 Å². The van der Waals surface area contributed by atoms with E-state index in [1.807, 2.05) is 42.5 Å². The SMILES string of the molecule is CN(C)C(=O)c1cccc(Nc2cc(CN3C(=O)N(c4ccc5c(c4)NCC5(C)C)C(=O)C3(C)C)ccn2)c1. The topological polar surface area (TPSA) is 97.9 Å². The molecule has 0 radical (unpaired) electrons. The largest absolute Gasteiger partial charge is 0.384 e. The standard InChI is InChI=1S/C30H34N6O3/c1-29(2)18-32-24-16-22(10-11-23(24)29)36-27(38)30(3,4)35(28(36)39)17-19-12-13-31-25(14-19)33-21-9-7-8-20(15-21)26(37)34(5)6/h7-16,32H,17-18H2,1-6H3,(H,31,33). The van der Waals surface area contributed by atoms with E-state index in [1.165, 1.54) is 15.4 Å². The first-order valence-electron chi connectivity index (χ1n) is 13.0. The van der Waals surface area contributed by atoms with Gasteiger partial charge in [-0.1, -0.05) is 26.0 Å². The second-order valence-electron chi connectivity index (χ2n) is 11.5. The van der Waals surface area contributed by atoms with Crippen LogP contribution >= 0.6 is 0 Å². The lowest BCUT2D eigenvalue weighted by Crippen LogP contribution is -2.43. The summed E-state index contributed by atoms with van der Waals surface area (Å²) in [5.74, 6) is 0.216. The third-order valence-electron chi connectivity index (χ3n) is 7.49. The van der Waals surface area contributed by atoms with Crippen LogP contribution in [0.3, 0.4) is 0 Å². The normalized spacial score (nSPS) is 17.2. The number of benzene rings is 2. The summed E-state index contributed by atoms with van der Waals surface area (Å²) in [4.78, 5) is 48.3. The Hall–Kier alpha value is -4.40. The maximum Gasteiger partial charge on any atom is 0.332 e. The number of fused-ring (bicyclic) bond motifs is 1. The van der Waals surface area contributed by atoms with Crippen LogP contribution in [0, 0.1) is 0 Å². The number of hydrogen-bond donors (Lipinski definition) is 2. The number of anilines is 4. The average molecular weight is 527 g/mol. The maximum atomic E-state index is 13.6. The fraction of sp³-hybridized carbons (Fsp3) is 0.333. The van der Waals surface area contributed by atoms with Gasteiger partial charge >= 0.3 is 6.03 Å². The first-order valence-corrected chi connectivity index (χ1v) is 13.0. The van der Waals surface area contributed by atoms with Gasteiger partial charge in [0.25, 0.3) is 11.8 Å². The average Bonchev–Trinajstić information content (AvgIpc) is 3.28. The fourth-order valence-electron chi connectivity index (χ4n) is 5.11. The summed E-state index contributed by atoms with van der Waals surface area (Å²) in [6.45, 7) is 8.92. The Morgan fingerprint density at radius 2 is 1.82 bits per heavy atom. The molecule has 3 heterocycles. The maximum absolute atomic E-state index is 13.6. The number of amides is 4. The Kier molecular flexibility index (Phi) is 6.33. The van der Waals surface area contributed by atoms with Crippen LogP contribution in [-0.2, 0) is 16.8 Å². The summed E-state index contributed by atoms with van der Waals surface area (Å²) in [7, 11) is 3.42. The van der Waals surface area contributed by atoms with Crippen molar-refractivity contribution >= 4 is 40.7 Å². The Morgan fingerprint density at radius 3 is 2.56 bits per heavy atom. The third-order valence-corrected chi connectivity index (χ3v) is 7.49. The van der Waals surface area contributed by atoms with Crippen molar-refractivity contribution in [3.8, 4) is 0 Å². The number of carbonyl (C=O) groups excluding carboxylic acids is 3. The molecule has 0 aliphatic carbocycles. The summed E-state index contributed by atoms with van der Waals surface area (Å²) in [5, 5.41) is 6.64. The lowest BCUT2D eigenvalue weighted by atomic mass is 9.87. The van der Waals surface area contributed by atoms with Gasteiger partial charge in [0, 0.05) is 55.7 Å². The monoisotopic (exact) mass is 526 g/mol. The lowest BCUT2D eigenvalue weighted by molar-refractivity contribution is -0.123. The van der Waals surface area contributed by atoms with Gasteiger partial charge in [0.1, 0.15) is 11.4 Å². The molecule has 2 aliphatic heterocycles. The second-order valence-corrected chi connectivity index (χ2v) is 11.5. The Balaban J connectivity index is 1.36. The highest BCUT2D eigenvalue weighted by Gasteiger charge is 2.52. The number of urea groups is 1. The van der Waals surface area contributed by atoms with E-state index in [-0.39, 0.29) is 29.8 Å². The molecule has 202 valence electrons. The van der Waals surface area contributed by atoms with Crippen molar-refractivity contribution in [3.05, 3.63) is 77.5 Å². The van der Waals surface area contributed by atoms with Crippen molar-refractivity contribution in [1.82, 2.24) is 14.8 Å². The molecule has 5 rings (SSSR count). The third kappa shape index (κ3) is 4.69. The van der Waals surface area contributed by atoms with Gasteiger partial charge in [-0.05, 0) is 67.4 Å². The van der Waals surface area contributed by atoms with Gasteiger partial charge in [0.05, 0.1) is 5.69 Å². The van der Waals surface area contributed by atoms with E-state index >= 15 is 0 Å². The minimum Gasteiger partial charge on any atom is -0.384 e. The van der Waals surface area contributed by atoms with Crippen molar-refractivity contribution in [2.24, 2.45) is 0 Å². The van der Waals surface area contributed by atoms with Crippen LogP contribution in [0.5, 0.6) is 0 Å². The molecule has 1 saturated heterocycles. The number of nitrogens with zero attached hydrogens (tertiary/aromatic N) is 4. The molecule has 0 atom stereocenters. The zero-order valence-electron chi connectivity index (χ0n) is 23.2. The number of pyridine rings is 1. The van der Waals surface area contributed by atoms with Gasteiger partial charge in [-0.2, -0.15) is 0 Å². The second kappa shape index (κ2) is 9.41. The minimum absolute atomic E-state index is 0.00547. The zero-order valence-corrected chi connectivity index (χ0v) is 23.2. The molecule has 39 heavy (non-hydrogen) atoms. The predicted molar refractivity (Wildman–Crippen MR) is 152 cm³/mol. The Bertz CT molecular complexity index is 1480. The number of imide groups is 1. The first-order chi connectivity index (χ1) is 18.4. The highest BCUT2D eigenvalue weighted by molar-refractivity contribution is 6.23. The molecule has 2 aromatic carbocycles. The number of rotatable bonds is 6. The van der Waals surface area contributed by atoms with E-state index in [1.54, 1.807) is 51.2 Å². The molecule has 0 bridgehead atoms. The highest BCUT2D eigenvalue weighted by Crippen LogP contribution is 2.40. The van der Waals surface area contributed by atoms with Crippen LogP contribution in [0.4, 0.5) is 27.7 Å². The zero-order chi connectivity index (χ0) is 28.1. The van der Waals surface area contributed by atoms with E-state index in [9.17, 15) is 14.4 Å². The lowest BCUT2D eigenvalue weighted by Gasteiger charge is -2.27. The van der Waals surface area contributed by atoms with E-state index in [0.29, 0.717) is 17.1 Å². The van der Waals surface area contributed by atoms with E-state index < -0.39 is 5.54 Å².